The predicted molar refractivity (Wildman–Crippen MR) is 125 cm³/mol. The van der Waals surface area contributed by atoms with Gasteiger partial charge in [-0.2, -0.15) is 4.31 Å². The van der Waals surface area contributed by atoms with Gasteiger partial charge in [-0.05, 0) is 49.7 Å². The molecular weight excluding hydrogens is 461 g/mol. The number of amides is 1. The summed E-state index contributed by atoms with van der Waals surface area (Å²) >= 11 is 0. The number of methoxy groups -OCH3 is 2. The Kier molecular flexibility index (Phi) is 7.39. The maximum absolute atomic E-state index is 13.2. The van der Waals surface area contributed by atoms with Gasteiger partial charge in [0.25, 0.3) is 0 Å². The van der Waals surface area contributed by atoms with E-state index in [0.29, 0.717) is 13.1 Å². The van der Waals surface area contributed by atoms with E-state index in [0.717, 1.165) is 48.6 Å². The van der Waals surface area contributed by atoms with Gasteiger partial charge in [-0.1, -0.05) is 6.07 Å². The highest BCUT2D eigenvalue weighted by atomic mass is 32.2. The van der Waals surface area contributed by atoms with Gasteiger partial charge in [0.2, 0.25) is 15.9 Å². The summed E-state index contributed by atoms with van der Waals surface area (Å²) < 4.78 is 51.0. The van der Waals surface area contributed by atoms with Crippen molar-refractivity contribution in [3.63, 3.8) is 0 Å². The Morgan fingerprint density at radius 3 is 2.35 bits per heavy atom. The van der Waals surface area contributed by atoms with Gasteiger partial charge >= 0.3 is 0 Å². The third-order valence-electron chi connectivity index (χ3n) is 6.54. The van der Waals surface area contributed by atoms with Crippen LogP contribution in [0.15, 0.2) is 47.4 Å². The Hall–Kier alpha value is -2.69. The van der Waals surface area contributed by atoms with Crippen molar-refractivity contribution in [2.24, 2.45) is 0 Å². The third kappa shape index (κ3) is 5.03. The molecule has 2 aliphatic rings. The number of benzene rings is 2. The minimum absolute atomic E-state index is 0.0155. The van der Waals surface area contributed by atoms with Gasteiger partial charge in [-0.15, -0.1) is 0 Å². The highest BCUT2D eigenvalue weighted by Crippen LogP contribution is 2.38. The Balaban J connectivity index is 1.38. The summed E-state index contributed by atoms with van der Waals surface area (Å²) in [6.07, 6.45) is 1.91. The van der Waals surface area contributed by atoms with Gasteiger partial charge in [-0.25, -0.2) is 12.8 Å². The van der Waals surface area contributed by atoms with Crippen LogP contribution in [-0.2, 0) is 14.8 Å². The third-order valence-corrected chi connectivity index (χ3v) is 8.46. The molecule has 1 atom stereocenters. The number of piperazine rings is 1. The molecule has 2 fully saturated rings. The zero-order chi connectivity index (χ0) is 24.3. The van der Waals surface area contributed by atoms with E-state index in [-0.39, 0.29) is 36.5 Å². The van der Waals surface area contributed by atoms with Crippen LogP contribution in [0.3, 0.4) is 0 Å². The van der Waals surface area contributed by atoms with Gasteiger partial charge in [-0.3, -0.25) is 9.69 Å². The van der Waals surface area contributed by atoms with Crippen molar-refractivity contribution in [3.8, 4) is 11.5 Å². The monoisotopic (exact) mass is 491 g/mol. The molecular formula is C24H30FN3O5S. The van der Waals surface area contributed by atoms with E-state index in [1.165, 1.54) is 16.4 Å². The highest BCUT2D eigenvalue weighted by molar-refractivity contribution is 7.89. The summed E-state index contributed by atoms with van der Waals surface area (Å²) in [5, 5.41) is 0. The Morgan fingerprint density at radius 2 is 1.71 bits per heavy atom. The van der Waals surface area contributed by atoms with E-state index in [9.17, 15) is 17.6 Å². The van der Waals surface area contributed by atoms with Gasteiger partial charge in [0.1, 0.15) is 17.3 Å². The van der Waals surface area contributed by atoms with E-state index in [1.807, 2.05) is 18.2 Å². The predicted octanol–water partition coefficient (Wildman–Crippen LogP) is 2.51. The molecule has 184 valence electrons. The number of carbonyl (C=O) groups excluding carboxylic acids is 1. The average molecular weight is 492 g/mol. The lowest BCUT2D eigenvalue weighted by Crippen LogP contribution is -2.52. The fraction of sp³-hybridized carbons (Fsp3) is 0.458. The van der Waals surface area contributed by atoms with Crippen molar-refractivity contribution in [1.82, 2.24) is 14.1 Å². The molecule has 0 spiro atoms. The molecule has 2 aliphatic heterocycles. The molecule has 0 radical (unpaired) electrons. The first-order valence-electron chi connectivity index (χ1n) is 11.3. The van der Waals surface area contributed by atoms with Crippen LogP contribution in [0.5, 0.6) is 11.5 Å². The average Bonchev–Trinajstić information content (AvgIpc) is 3.31. The standard InChI is InChI=1S/C24H30FN3O5S/c1-32-19-7-10-21(23(16-19)33-2)22-4-3-11-27(22)17-24(29)26-12-14-28(15-13-26)34(30,31)20-8-5-18(25)6-9-20/h5-10,16,22H,3-4,11-15,17H2,1-2H3. The molecule has 0 saturated carbocycles. The maximum Gasteiger partial charge on any atom is 0.243 e. The second kappa shape index (κ2) is 10.3. The van der Waals surface area contributed by atoms with Crippen LogP contribution in [0.1, 0.15) is 24.4 Å². The van der Waals surface area contributed by atoms with Gasteiger partial charge in [0.15, 0.2) is 0 Å². The molecule has 1 amide bonds. The Bertz CT molecular complexity index is 1120. The normalized spacial score (nSPS) is 19.9. The number of carbonyl (C=O) groups is 1. The lowest BCUT2D eigenvalue weighted by Gasteiger charge is -2.35. The summed E-state index contributed by atoms with van der Waals surface area (Å²) in [7, 11) is -0.477. The molecule has 0 N–H and O–H groups in total. The number of nitrogens with zero attached hydrogens (tertiary/aromatic N) is 3. The molecule has 34 heavy (non-hydrogen) atoms. The van der Waals surface area contributed by atoms with Gasteiger partial charge in [0.05, 0.1) is 25.7 Å². The van der Waals surface area contributed by atoms with E-state index in [4.69, 9.17) is 9.47 Å². The zero-order valence-electron chi connectivity index (χ0n) is 19.4. The lowest BCUT2D eigenvalue weighted by molar-refractivity contribution is -0.133. The number of hydrogen-bond acceptors (Lipinski definition) is 6. The van der Waals surface area contributed by atoms with Crippen LogP contribution in [0, 0.1) is 5.82 Å². The molecule has 0 aromatic heterocycles. The fourth-order valence-electron chi connectivity index (χ4n) is 4.67. The van der Waals surface area contributed by atoms with E-state index in [1.54, 1.807) is 19.1 Å². The van der Waals surface area contributed by atoms with Crippen LogP contribution >= 0.6 is 0 Å². The van der Waals surface area contributed by atoms with E-state index >= 15 is 0 Å². The van der Waals surface area contributed by atoms with Crippen LogP contribution in [-0.4, -0.2) is 81.9 Å². The van der Waals surface area contributed by atoms with Crippen LogP contribution in [0.25, 0.3) is 0 Å². The topological polar surface area (TPSA) is 79.4 Å². The smallest absolute Gasteiger partial charge is 0.243 e. The van der Waals surface area contributed by atoms with Crippen molar-refractivity contribution in [3.05, 3.63) is 53.8 Å². The maximum atomic E-state index is 13.2. The first-order valence-corrected chi connectivity index (χ1v) is 12.8. The number of hydrogen-bond donors (Lipinski definition) is 0. The number of likely N-dealkylation sites (tertiary alicyclic amines) is 1. The van der Waals surface area contributed by atoms with E-state index < -0.39 is 15.8 Å². The summed E-state index contributed by atoms with van der Waals surface area (Å²) in [5.74, 6) is 0.957. The first kappa shape index (κ1) is 24.4. The summed E-state index contributed by atoms with van der Waals surface area (Å²) in [6.45, 7) is 2.14. The van der Waals surface area contributed by atoms with Crippen molar-refractivity contribution < 1.29 is 27.1 Å². The molecule has 8 nitrogen and oxygen atoms in total. The van der Waals surface area contributed by atoms with Crippen molar-refractivity contribution in [2.45, 2.75) is 23.8 Å². The van der Waals surface area contributed by atoms with Crippen molar-refractivity contribution in [2.75, 3.05) is 53.5 Å². The highest BCUT2D eigenvalue weighted by Gasteiger charge is 2.34. The number of ether oxygens (including phenoxy) is 2. The molecule has 2 heterocycles. The molecule has 4 rings (SSSR count). The summed E-state index contributed by atoms with van der Waals surface area (Å²) in [6, 6.07) is 10.6. The molecule has 10 heteroatoms. The van der Waals surface area contributed by atoms with Crippen LogP contribution in [0.2, 0.25) is 0 Å². The Morgan fingerprint density at radius 1 is 1.00 bits per heavy atom. The SMILES string of the molecule is COc1ccc(C2CCCN2CC(=O)N2CCN(S(=O)(=O)c3ccc(F)cc3)CC2)c(OC)c1. The first-order chi connectivity index (χ1) is 16.3. The number of sulfonamides is 1. The summed E-state index contributed by atoms with van der Waals surface area (Å²) in [5.41, 5.74) is 1.03. The quantitative estimate of drug-likeness (QED) is 0.592. The van der Waals surface area contributed by atoms with Crippen molar-refractivity contribution in [1.29, 1.82) is 0 Å². The number of halogens is 1. The molecule has 0 bridgehead atoms. The largest absolute Gasteiger partial charge is 0.497 e. The molecule has 2 aromatic carbocycles. The summed E-state index contributed by atoms with van der Waals surface area (Å²) in [4.78, 5) is 17.0. The Labute approximate surface area is 199 Å². The second-order valence-electron chi connectivity index (χ2n) is 8.48. The molecule has 0 aliphatic carbocycles. The minimum atomic E-state index is -3.71. The second-order valence-corrected chi connectivity index (χ2v) is 10.4. The van der Waals surface area contributed by atoms with Gasteiger partial charge < -0.3 is 14.4 Å². The van der Waals surface area contributed by atoms with Crippen LogP contribution < -0.4 is 9.47 Å². The minimum Gasteiger partial charge on any atom is -0.497 e. The van der Waals surface area contributed by atoms with Gasteiger partial charge in [0, 0.05) is 43.9 Å². The van der Waals surface area contributed by atoms with E-state index in [2.05, 4.69) is 4.90 Å². The lowest BCUT2D eigenvalue weighted by atomic mass is 10.0. The number of rotatable bonds is 7. The van der Waals surface area contributed by atoms with Crippen LogP contribution in [0.4, 0.5) is 4.39 Å². The zero-order valence-corrected chi connectivity index (χ0v) is 20.3. The van der Waals surface area contributed by atoms with Crippen molar-refractivity contribution >= 4 is 15.9 Å². The molecule has 1 unspecified atom stereocenters. The molecule has 2 aromatic rings. The fourth-order valence-corrected chi connectivity index (χ4v) is 6.09. The molecule has 2 saturated heterocycles.